The van der Waals surface area contributed by atoms with Crippen LogP contribution in [0.25, 0.3) is 10.9 Å². The summed E-state index contributed by atoms with van der Waals surface area (Å²) < 4.78 is 39.3. The number of amides is 3. The quantitative estimate of drug-likeness (QED) is 0.213. The number of nitrogens with zero attached hydrogens (tertiary/aromatic N) is 2. The van der Waals surface area contributed by atoms with Crippen LogP contribution < -0.4 is 5.32 Å². The van der Waals surface area contributed by atoms with E-state index in [0.717, 1.165) is 34.2 Å². The first-order valence-corrected chi connectivity index (χ1v) is 13.6. The normalized spacial score (nSPS) is 11.6. The molecule has 1 aromatic heterocycles. The summed E-state index contributed by atoms with van der Waals surface area (Å²) >= 11 is 0. The number of fused-ring (bicyclic) bond motifs is 1. The molecule has 0 saturated carbocycles. The molecule has 2 N–H and O–H groups in total. The van der Waals surface area contributed by atoms with Crippen molar-refractivity contribution in [3.8, 4) is 0 Å². The lowest BCUT2D eigenvalue weighted by Gasteiger charge is -2.29. The molecule has 4 rings (SSSR count). The molecule has 0 atom stereocenters. The third-order valence-corrected chi connectivity index (χ3v) is 6.92. The zero-order valence-electron chi connectivity index (χ0n) is 23.5. The van der Waals surface area contributed by atoms with Crippen molar-refractivity contribution in [2.24, 2.45) is 5.92 Å². The monoisotopic (exact) mass is 564 g/mol. The van der Waals surface area contributed by atoms with E-state index >= 15 is 0 Å². The Kier molecular flexibility index (Phi) is 9.37. The van der Waals surface area contributed by atoms with Crippen molar-refractivity contribution in [3.05, 3.63) is 101 Å². The number of H-pyrrole nitrogens is 1. The maximum atomic E-state index is 13.7. The van der Waals surface area contributed by atoms with E-state index in [1.54, 1.807) is 11.0 Å². The third-order valence-electron chi connectivity index (χ3n) is 6.92. The van der Waals surface area contributed by atoms with Crippen molar-refractivity contribution in [1.29, 1.82) is 0 Å². The molecule has 0 bridgehead atoms. The van der Waals surface area contributed by atoms with Crippen molar-refractivity contribution >= 4 is 28.5 Å². The van der Waals surface area contributed by atoms with Crippen LogP contribution in [0.4, 0.5) is 23.7 Å². The first-order valence-electron chi connectivity index (χ1n) is 13.6. The number of carbonyl (C=O) groups is 2. The van der Waals surface area contributed by atoms with Gasteiger partial charge in [0.2, 0.25) is 5.91 Å². The van der Waals surface area contributed by atoms with E-state index in [1.165, 1.54) is 17.0 Å². The predicted molar refractivity (Wildman–Crippen MR) is 155 cm³/mol. The maximum Gasteiger partial charge on any atom is 0.416 e. The molecular formula is C32H35F3N4O2. The lowest BCUT2D eigenvalue weighted by atomic mass is 10.1. The van der Waals surface area contributed by atoms with Gasteiger partial charge in [0.05, 0.1) is 5.56 Å². The molecule has 9 heteroatoms. The lowest BCUT2D eigenvalue weighted by Crippen LogP contribution is -2.46. The van der Waals surface area contributed by atoms with E-state index in [4.69, 9.17) is 0 Å². The number of rotatable bonds is 10. The average Bonchev–Trinajstić information content (AvgIpc) is 3.34. The van der Waals surface area contributed by atoms with Crippen LogP contribution in [0.3, 0.4) is 0 Å². The molecule has 3 amide bonds. The smallest absolute Gasteiger partial charge is 0.361 e. The van der Waals surface area contributed by atoms with Crippen LogP contribution in [0.1, 0.15) is 36.1 Å². The number of hydrogen-bond acceptors (Lipinski definition) is 2. The summed E-state index contributed by atoms with van der Waals surface area (Å²) in [7, 11) is 0. The largest absolute Gasteiger partial charge is 0.416 e. The summed E-state index contributed by atoms with van der Waals surface area (Å²) in [6.45, 7) is 6.48. The number of alkyl halides is 3. The van der Waals surface area contributed by atoms with Gasteiger partial charge in [0, 0.05) is 42.4 Å². The van der Waals surface area contributed by atoms with E-state index < -0.39 is 11.7 Å². The number of benzene rings is 3. The first-order chi connectivity index (χ1) is 19.5. The molecule has 0 fully saturated rings. The minimum absolute atomic E-state index is 0.111. The zero-order chi connectivity index (χ0) is 29.6. The fraction of sp³-hybridized carbons (Fsp3) is 0.312. The molecular weight excluding hydrogens is 529 g/mol. The van der Waals surface area contributed by atoms with Crippen LogP contribution >= 0.6 is 0 Å². The van der Waals surface area contributed by atoms with E-state index in [2.05, 4.69) is 10.3 Å². The number of aryl methyl sites for hydroxylation is 1. The second-order valence-electron chi connectivity index (χ2n) is 10.6. The molecule has 0 unspecified atom stereocenters. The third kappa shape index (κ3) is 7.90. The van der Waals surface area contributed by atoms with Crippen molar-refractivity contribution in [2.75, 3.05) is 25.0 Å². The van der Waals surface area contributed by atoms with Gasteiger partial charge >= 0.3 is 12.2 Å². The van der Waals surface area contributed by atoms with Gasteiger partial charge in [-0.15, -0.1) is 0 Å². The van der Waals surface area contributed by atoms with E-state index in [1.807, 2.05) is 69.4 Å². The number of aromatic nitrogens is 1. The molecule has 4 aromatic rings. The van der Waals surface area contributed by atoms with Crippen molar-refractivity contribution < 1.29 is 22.8 Å². The second kappa shape index (κ2) is 12.9. The Bertz CT molecular complexity index is 1480. The average molecular weight is 565 g/mol. The van der Waals surface area contributed by atoms with Crippen LogP contribution in [-0.4, -0.2) is 46.4 Å². The fourth-order valence-electron chi connectivity index (χ4n) is 4.74. The number of nitrogens with one attached hydrogen (secondary N) is 2. The predicted octanol–water partition coefficient (Wildman–Crippen LogP) is 7.26. The first kappa shape index (κ1) is 29.7. The summed E-state index contributed by atoms with van der Waals surface area (Å²) in [6.07, 6.45) is -1.99. The van der Waals surface area contributed by atoms with Crippen LogP contribution in [0, 0.1) is 12.8 Å². The molecule has 0 spiro atoms. The van der Waals surface area contributed by atoms with Crippen LogP contribution in [0.15, 0.2) is 79.0 Å². The molecule has 3 aromatic carbocycles. The zero-order valence-corrected chi connectivity index (χ0v) is 23.5. The maximum absolute atomic E-state index is 13.7. The van der Waals surface area contributed by atoms with Gasteiger partial charge in [-0.1, -0.05) is 62.4 Å². The minimum atomic E-state index is -4.44. The Hall–Kier alpha value is -4.27. The summed E-state index contributed by atoms with van der Waals surface area (Å²) in [5.74, 6) is -0.176. The molecule has 0 saturated heterocycles. The number of para-hydroxylation sites is 2. The number of urea groups is 1. The van der Waals surface area contributed by atoms with Crippen molar-refractivity contribution in [2.45, 2.75) is 39.9 Å². The second-order valence-corrected chi connectivity index (χ2v) is 10.6. The summed E-state index contributed by atoms with van der Waals surface area (Å²) in [6, 6.07) is 19.7. The van der Waals surface area contributed by atoms with Gasteiger partial charge < -0.3 is 20.1 Å². The van der Waals surface area contributed by atoms with E-state index in [-0.39, 0.29) is 30.9 Å². The molecule has 0 aliphatic rings. The standard InChI is InChI=1S/C32H35F3N4O2/c1-22(2)19-39(31(41)37-28-10-6-4-8-23(28)3)21-30(40)38(20-24-12-14-26(15-13-24)32(33,34)35)17-16-25-18-36-29-11-7-5-9-27(25)29/h4-15,18,22,36H,16-17,19-21H2,1-3H3,(H,37,41). The Morgan fingerprint density at radius 1 is 0.927 bits per heavy atom. The SMILES string of the molecule is Cc1ccccc1NC(=O)N(CC(=O)N(CCc1c[nH]c2ccccc12)Cc1ccc(C(F)(F)F)cc1)CC(C)C. The molecule has 0 radical (unpaired) electrons. The van der Waals surface area contributed by atoms with Gasteiger partial charge in [-0.3, -0.25) is 4.79 Å². The van der Waals surface area contributed by atoms with Gasteiger partial charge in [0.1, 0.15) is 6.54 Å². The van der Waals surface area contributed by atoms with Crippen LogP contribution in [0.5, 0.6) is 0 Å². The molecule has 41 heavy (non-hydrogen) atoms. The van der Waals surface area contributed by atoms with Gasteiger partial charge in [0.25, 0.3) is 0 Å². The van der Waals surface area contributed by atoms with Crippen LogP contribution in [-0.2, 0) is 23.9 Å². The Balaban J connectivity index is 1.54. The highest BCUT2D eigenvalue weighted by molar-refractivity contribution is 5.93. The molecule has 0 aliphatic carbocycles. The van der Waals surface area contributed by atoms with Crippen molar-refractivity contribution in [1.82, 2.24) is 14.8 Å². The topological polar surface area (TPSA) is 68.4 Å². The molecule has 0 aliphatic heterocycles. The lowest BCUT2D eigenvalue weighted by molar-refractivity contribution is -0.137. The van der Waals surface area contributed by atoms with Crippen molar-refractivity contribution in [3.63, 3.8) is 0 Å². The summed E-state index contributed by atoms with van der Waals surface area (Å²) in [4.78, 5) is 33.3. The molecule has 1 heterocycles. The number of aromatic amines is 1. The van der Waals surface area contributed by atoms with Gasteiger partial charge in [-0.25, -0.2) is 4.79 Å². The Morgan fingerprint density at radius 3 is 2.29 bits per heavy atom. The highest BCUT2D eigenvalue weighted by Gasteiger charge is 2.30. The number of hydrogen-bond donors (Lipinski definition) is 2. The molecule has 6 nitrogen and oxygen atoms in total. The van der Waals surface area contributed by atoms with Gasteiger partial charge in [-0.2, -0.15) is 13.2 Å². The summed E-state index contributed by atoms with van der Waals surface area (Å²) in [5, 5.41) is 3.96. The van der Waals surface area contributed by atoms with Crippen LogP contribution in [0.2, 0.25) is 0 Å². The highest BCUT2D eigenvalue weighted by atomic mass is 19.4. The van der Waals surface area contributed by atoms with Gasteiger partial charge in [0.15, 0.2) is 0 Å². The fourth-order valence-corrected chi connectivity index (χ4v) is 4.74. The highest BCUT2D eigenvalue weighted by Crippen LogP contribution is 2.29. The van der Waals surface area contributed by atoms with Gasteiger partial charge in [-0.05, 0) is 60.2 Å². The number of anilines is 1. The number of halogens is 3. The van der Waals surface area contributed by atoms with E-state index in [0.29, 0.717) is 30.8 Å². The Labute approximate surface area is 238 Å². The Morgan fingerprint density at radius 2 is 1.61 bits per heavy atom. The van der Waals surface area contributed by atoms with E-state index in [9.17, 15) is 22.8 Å². The number of carbonyl (C=O) groups excluding carboxylic acids is 2. The minimum Gasteiger partial charge on any atom is -0.361 e. The molecule has 216 valence electrons. The summed E-state index contributed by atoms with van der Waals surface area (Å²) in [5.41, 5.74) is 3.42.